The van der Waals surface area contributed by atoms with Crippen molar-refractivity contribution in [3.8, 4) is 10.6 Å². The Bertz CT molecular complexity index is 1490. The summed E-state index contributed by atoms with van der Waals surface area (Å²) in [6.07, 6.45) is 2.46. The molecule has 3 heterocycles. The molecular formula is C25H24Cl2F2N6O3S. The number of alkyl halides is 2. The summed E-state index contributed by atoms with van der Waals surface area (Å²) >= 11 is 13.1. The number of hydrogen-bond acceptors (Lipinski definition) is 10. The van der Waals surface area contributed by atoms with Gasteiger partial charge in [0.05, 0.1) is 38.7 Å². The average Bonchev–Trinajstić information content (AvgIpc) is 3.44. The zero-order valence-corrected chi connectivity index (χ0v) is 22.8. The summed E-state index contributed by atoms with van der Waals surface area (Å²) in [5, 5.41) is 37.7. The number of aromatic nitrogens is 4. The third kappa shape index (κ3) is 5.49. The van der Waals surface area contributed by atoms with Crippen LogP contribution in [0.1, 0.15) is 24.1 Å². The smallest absolute Gasteiger partial charge is 0.290 e. The maximum Gasteiger partial charge on any atom is 0.290 e. The highest BCUT2D eigenvalue weighted by Crippen LogP contribution is 2.41. The Labute approximate surface area is 235 Å². The molecule has 1 fully saturated rings. The number of nitrogens with zero attached hydrogens (tertiary/aromatic N) is 4. The Morgan fingerprint density at radius 1 is 1.18 bits per heavy atom. The highest BCUT2D eigenvalue weighted by atomic mass is 35.5. The summed E-state index contributed by atoms with van der Waals surface area (Å²) in [4.78, 5) is 17.5. The van der Waals surface area contributed by atoms with Crippen LogP contribution in [0.4, 0.5) is 20.5 Å². The van der Waals surface area contributed by atoms with Crippen molar-refractivity contribution in [1.82, 2.24) is 19.9 Å². The van der Waals surface area contributed by atoms with Gasteiger partial charge in [0.25, 0.3) is 5.92 Å². The fourth-order valence-corrected chi connectivity index (χ4v) is 5.86. The van der Waals surface area contributed by atoms with Gasteiger partial charge in [0.2, 0.25) is 5.95 Å². The molecule has 9 nitrogen and oxygen atoms in total. The Morgan fingerprint density at radius 2 is 1.97 bits per heavy atom. The minimum atomic E-state index is -3.34. The van der Waals surface area contributed by atoms with Crippen LogP contribution in [0.2, 0.25) is 10.0 Å². The Kier molecular flexibility index (Phi) is 7.61. The number of aliphatic hydroxyl groups excluding tert-OH is 2. The lowest BCUT2D eigenvalue weighted by Crippen LogP contribution is -2.48. The zero-order chi connectivity index (χ0) is 27.9. The van der Waals surface area contributed by atoms with Crippen LogP contribution in [0.3, 0.4) is 0 Å². The van der Waals surface area contributed by atoms with E-state index in [0.29, 0.717) is 28.2 Å². The fourth-order valence-electron chi connectivity index (χ4n) is 4.53. The summed E-state index contributed by atoms with van der Waals surface area (Å²) in [6.45, 7) is 0.512. The number of pyridine rings is 1. The predicted octanol–water partition coefficient (Wildman–Crippen LogP) is 4.83. The number of aliphatic hydroxyl groups is 3. The Morgan fingerprint density at radius 3 is 2.67 bits per heavy atom. The number of fused-ring (bicyclic) bond motifs is 1. The van der Waals surface area contributed by atoms with Crippen molar-refractivity contribution in [1.29, 1.82) is 0 Å². The van der Waals surface area contributed by atoms with Crippen molar-refractivity contribution in [3.05, 3.63) is 58.0 Å². The van der Waals surface area contributed by atoms with Gasteiger partial charge < -0.3 is 26.0 Å². The molecule has 1 aromatic carbocycles. The molecule has 0 radical (unpaired) electrons. The van der Waals surface area contributed by atoms with E-state index in [1.54, 1.807) is 25.4 Å². The van der Waals surface area contributed by atoms with Gasteiger partial charge in [-0.05, 0) is 38.0 Å². The second-order valence-electron chi connectivity index (χ2n) is 9.38. The first-order valence-corrected chi connectivity index (χ1v) is 13.5. The highest BCUT2D eigenvalue weighted by molar-refractivity contribution is 7.21. The number of benzene rings is 1. The fraction of sp³-hybridized carbons (Fsp3) is 0.360. The van der Waals surface area contributed by atoms with Gasteiger partial charge in [0.15, 0.2) is 5.72 Å². The molecule has 0 bridgehead atoms. The average molecular weight is 597 g/mol. The summed E-state index contributed by atoms with van der Waals surface area (Å²) in [5.74, 6) is -3.91. The molecule has 0 aliphatic heterocycles. The molecule has 4 aromatic rings. The second kappa shape index (κ2) is 10.7. The number of hydrogen-bond donors (Lipinski definition) is 5. The summed E-state index contributed by atoms with van der Waals surface area (Å²) < 4.78 is 30.8. The molecule has 5 N–H and O–H groups in total. The normalized spacial score (nSPS) is 21.4. The predicted molar refractivity (Wildman–Crippen MR) is 146 cm³/mol. The quantitative estimate of drug-likeness (QED) is 0.181. The zero-order valence-electron chi connectivity index (χ0n) is 20.5. The van der Waals surface area contributed by atoms with Crippen molar-refractivity contribution >= 4 is 56.5 Å². The van der Waals surface area contributed by atoms with E-state index in [4.69, 9.17) is 23.2 Å². The summed E-state index contributed by atoms with van der Waals surface area (Å²) in [6, 6.07) is 5.39. The number of thiazole rings is 1. The monoisotopic (exact) mass is 596 g/mol. The van der Waals surface area contributed by atoms with Gasteiger partial charge in [-0.15, -0.1) is 11.3 Å². The number of rotatable bonds is 8. The van der Waals surface area contributed by atoms with E-state index in [2.05, 4.69) is 30.6 Å². The molecule has 14 heteroatoms. The summed E-state index contributed by atoms with van der Waals surface area (Å²) in [7, 11) is 0. The van der Waals surface area contributed by atoms with Crippen LogP contribution in [-0.2, 0) is 5.92 Å². The number of anilines is 2. The Hall–Kier alpha value is -2.74. The molecular weight excluding hydrogens is 573 g/mol. The number of aryl methyl sites for hydroxylation is 1. The second-order valence-corrected chi connectivity index (χ2v) is 11.2. The maximum atomic E-state index is 15.0. The molecule has 1 saturated carbocycles. The van der Waals surface area contributed by atoms with Crippen LogP contribution >= 0.6 is 34.5 Å². The van der Waals surface area contributed by atoms with Crippen molar-refractivity contribution in [2.45, 2.75) is 37.5 Å². The van der Waals surface area contributed by atoms with Crippen LogP contribution in [0.15, 0.2) is 36.7 Å². The van der Waals surface area contributed by atoms with E-state index in [-0.39, 0.29) is 40.4 Å². The highest BCUT2D eigenvalue weighted by Gasteiger charge is 2.47. The van der Waals surface area contributed by atoms with Crippen molar-refractivity contribution < 1.29 is 24.1 Å². The van der Waals surface area contributed by atoms with Gasteiger partial charge >= 0.3 is 0 Å². The molecule has 206 valence electrons. The van der Waals surface area contributed by atoms with Crippen LogP contribution in [0, 0.1) is 12.8 Å². The molecule has 5 rings (SSSR count). The topological polar surface area (TPSA) is 136 Å². The third-order valence-corrected chi connectivity index (χ3v) is 8.50. The van der Waals surface area contributed by atoms with E-state index in [9.17, 15) is 24.1 Å². The first kappa shape index (κ1) is 27.8. The molecule has 0 amide bonds. The molecule has 3 atom stereocenters. The van der Waals surface area contributed by atoms with Crippen molar-refractivity contribution in [2.75, 3.05) is 23.8 Å². The first-order chi connectivity index (χ1) is 18.5. The van der Waals surface area contributed by atoms with Crippen molar-refractivity contribution in [2.24, 2.45) is 5.92 Å². The van der Waals surface area contributed by atoms with Gasteiger partial charge in [-0.1, -0.05) is 29.3 Å². The van der Waals surface area contributed by atoms with Crippen LogP contribution in [0.5, 0.6) is 0 Å². The van der Waals surface area contributed by atoms with Gasteiger partial charge in [0.1, 0.15) is 22.4 Å². The molecule has 1 aliphatic carbocycles. The lowest BCUT2D eigenvalue weighted by molar-refractivity contribution is -0.0545. The summed E-state index contributed by atoms with van der Waals surface area (Å²) in [5.41, 5.74) is -0.674. The lowest BCUT2D eigenvalue weighted by Gasteiger charge is -2.31. The number of nitrogens with one attached hydrogen (secondary N) is 2. The van der Waals surface area contributed by atoms with E-state index in [1.165, 1.54) is 23.5 Å². The van der Waals surface area contributed by atoms with Gasteiger partial charge in [-0.2, -0.15) is 13.8 Å². The van der Waals surface area contributed by atoms with E-state index in [0.717, 1.165) is 10.8 Å². The van der Waals surface area contributed by atoms with Gasteiger partial charge in [0, 0.05) is 24.3 Å². The van der Waals surface area contributed by atoms with E-state index >= 15 is 0 Å². The standard InChI is InChI=1S/C25H24Cl2F2N6O3S/c1-12-19(22-33-17-9-30-7-5-18(17)39-22)21(35-25(38)6-4-13(10-36)20(25)37)34-23(32-12)31-11-24(28,29)14-2-3-15(26)16(27)8-14/h2-3,5,7-9,13,20,36-38H,4,6,10-11H2,1H3,(H2,31,32,34,35)/t13-,20-,25-/m1/s1. The molecule has 1 aliphatic rings. The molecule has 39 heavy (non-hydrogen) atoms. The lowest BCUT2D eigenvalue weighted by atomic mass is 10.0. The van der Waals surface area contributed by atoms with E-state index < -0.39 is 30.2 Å². The maximum absolute atomic E-state index is 15.0. The molecule has 0 saturated heterocycles. The largest absolute Gasteiger partial charge is 0.396 e. The minimum absolute atomic E-state index is 0.00681. The number of halogens is 4. The molecule has 0 unspecified atom stereocenters. The SMILES string of the molecule is Cc1nc(NCC(F)(F)c2ccc(Cl)c(Cl)c2)nc(N[C@@]2(O)CC[C@H](CO)[C@H]2O)c1-c1nc2cnccc2s1. The van der Waals surface area contributed by atoms with Gasteiger partial charge in [-0.25, -0.2) is 9.97 Å². The van der Waals surface area contributed by atoms with Gasteiger partial charge in [-0.3, -0.25) is 4.98 Å². The molecule has 0 spiro atoms. The van der Waals surface area contributed by atoms with Crippen LogP contribution in [0.25, 0.3) is 20.8 Å². The van der Waals surface area contributed by atoms with Crippen LogP contribution < -0.4 is 10.6 Å². The third-order valence-electron chi connectivity index (χ3n) is 6.71. The van der Waals surface area contributed by atoms with Crippen molar-refractivity contribution in [3.63, 3.8) is 0 Å². The van der Waals surface area contributed by atoms with Crippen LogP contribution in [-0.4, -0.2) is 60.2 Å². The first-order valence-electron chi connectivity index (χ1n) is 12.0. The Balaban J connectivity index is 1.51. The molecule has 3 aromatic heterocycles. The van der Waals surface area contributed by atoms with E-state index in [1.807, 2.05) is 0 Å². The minimum Gasteiger partial charge on any atom is -0.396 e.